The van der Waals surface area contributed by atoms with Gasteiger partial charge in [0.1, 0.15) is 11.6 Å². The van der Waals surface area contributed by atoms with Crippen molar-refractivity contribution in [1.29, 1.82) is 0 Å². The fourth-order valence-corrected chi connectivity index (χ4v) is 3.73. The van der Waals surface area contributed by atoms with Gasteiger partial charge in [-0.15, -0.1) is 0 Å². The monoisotopic (exact) mass is 409 g/mol. The van der Waals surface area contributed by atoms with Gasteiger partial charge in [-0.1, -0.05) is 12.1 Å². The molecule has 0 saturated carbocycles. The van der Waals surface area contributed by atoms with Gasteiger partial charge >= 0.3 is 6.03 Å². The Balaban J connectivity index is 1.43. The van der Waals surface area contributed by atoms with Gasteiger partial charge < -0.3 is 19.4 Å². The van der Waals surface area contributed by atoms with Crippen molar-refractivity contribution in [2.24, 2.45) is 7.05 Å². The molecule has 0 radical (unpaired) electrons. The van der Waals surface area contributed by atoms with Crippen LogP contribution in [0.4, 0.5) is 10.6 Å². The number of ether oxygens (including phenoxy) is 2. The number of para-hydroxylation sites is 1. The highest BCUT2D eigenvalue weighted by Gasteiger charge is 2.14. The third-order valence-corrected chi connectivity index (χ3v) is 5.37. The van der Waals surface area contributed by atoms with Gasteiger partial charge in [-0.3, -0.25) is 10.2 Å². The fraction of sp³-hybridized carbons (Fsp3) is 0.364. The van der Waals surface area contributed by atoms with Crippen LogP contribution in [0.5, 0.6) is 5.75 Å². The van der Waals surface area contributed by atoms with Crippen LogP contribution in [0.2, 0.25) is 0 Å². The largest absolute Gasteiger partial charge is 0.496 e. The van der Waals surface area contributed by atoms with E-state index in [1.807, 2.05) is 37.4 Å². The normalized spacial score (nSPS) is 14.6. The first kappa shape index (κ1) is 20.2. The number of nitrogens with one attached hydrogen (secondary N) is 2. The van der Waals surface area contributed by atoms with E-state index >= 15 is 0 Å². The summed E-state index contributed by atoms with van der Waals surface area (Å²) in [7, 11) is 3.67. The zero-order chi connectivity index (χ0) is 20.9. The van der Waals surface area contributed by atoms with Crippen LogP contribution in [0.3, 0.4) is 0 Å². The molecule has 8 nitrogen and oxygen atoms in total. The molecule has 0 spiro atoms. The van der Waals surface area contributed by atoms with E-state index < -0.39 is 0 Å². The number of morpholine rings is 1. The SMILES string of the molecule is COc1ccccc1-c1cc2cc(NC(=O)NCCN3CCOCC3)ncc2n1C. The molecule has 4 rings (SSSR count). The Kier molecular flexibility index (Phi) is 6.15. The Hall–Kier alpha value is -3.10. The molecule has 1 fully saturated rings. The van der Waals surface area contributed by atoms with Gasteiger partial charge in [-0.05, 0) is 24.3 Å². The number of nitrogens with zero attached hydrogens (tertiary/aromatic N) is 3. The van der Waals surface area contributed by atoms with Gasteiger partial charge in [-0.25, -0.2) is 9.78 Å². The van der Waals surface area contributed by atoms with Crippen molar-refractivity contribution in [3.63, 3.8) is 0 Å². The number of amides is 2. The van der Waals surface area contributed by atoms with E-state index in [2.05, 4.69) is 31.2 Å². The summed E-state index contributed by atoms with van der Waals surface area (Å²) < 4.78 is 12.9. The Labute approximate surface area is 175 Å². The summed E-state index contributed by atoms with van der Waals surface area (Å²) in [6.45, 7) is 4.71. The number of urea groups is 1. The van der Waals surface area contributed by atoms with Crippen LogP contribution in [-0.2, 0) is 11.8 Å². The zero-order valence-corrected chi connectivity index (χ0v) is 17.4. The van der Waals surface area contributed by atoms with Gasteiger partial charge in [0, 0.05) is 44.2 Å². The number of fused-ring (bicyclic) bond motifs is 1. The lowest BCUT2D eigenvalue weighted by Gasteiger charge is -2.26. The van der Waals surface area contributed by atoms with Gasteiger partial charge in [0.2, 0.25) is 0 Å². The number of methoxy groups -OCH3 is 1. The molecule has 2 amide bonds. The lowest BCUT2D eigenvalue weighted by Crippen LogP contribution is -2.42. The minimum atomic E-state index is -0.254. The summed E-state index contributed by atoms with van der Waals surface area (Å²) in [5, 5.41) is 6.71. The highest BCUT2D eigenvalue weighted by Crippen LogP contribution is 2.33. The number of aromatic nitrogens is 2. The summed E-state index contributed by atoms with van der Waals surface area (Å²) >= 11 is 0. The average Bonchev–Trinajstić information content (AvgIpc) is 3.10. The van der Waals surface area contributed by atoms with Crippen LogP contribution < -0.4 is 15.4 Å². The molecule has 1 aliphatic heterocycles. The summed E-state index contributed by atoms with van der Waals surface area (Å²) in [5.41, 5.74) is 3.01. The second kappa shape index (κ2) is 9.15. The van der Waals surface area contributed by atoms with Crippen molar-refractivity contribution in [2.75, 3.05) is 51.8 Å². The molecule has 158 valence electrons. The number of carbonyl (C=O) groups excluding carboxylic acids is 1. The highest BCUT2D eigenvalue weighted by atomic mass is 16.5. The predicted octanol–water partition coefficient (Wildman–Crippen LogP) is 2.70. The highest BCUT2D eigenvalue weighted by molar-refractivity contribution is 5.93. The van der Waals surface area contributed by atoms with E-state index in [1.165, 1.54) is 0 Å². The Morgan fingerprint density at radius 3 is 2.83 bits per heavy atom. The third kappa shape index (κ3) is 4.39. The van der Waals surface area contributed by atoms with Crippen LogP contribution in [0.25, 0.3) is 22.2 Å². The second-order valence-electron chi connectivity index (χ2n) is 7.25. The zero-order valence-electron chi connectivity index (χ0n) is 17.4. The molecule has 30 heavy (non-hydrogen) atoms. The predicted molar refractivity (Wildman–Crippen MR) is 117 cm³/mol. The Morgan fingerprint density at radius 2 is 2.03 bits per heavy atom. The van der Waals surface area contributed by atoms with Crippen LogP contribution in [0.1, 0.15) is 0 Å². The molecule has 0 unspecified atom stereocenters. The number of anilines is 1. The van der Waals surface area contributed by atoms with Gasteiger partial charge in [0.25, 0.3) is 0 Å². The molecule has 0 atom stereocenters. The van der Waals surface area contributed by atoms with Gasteiger partial charge in [0.15, 0.2) is 0 Å². The van der Waals surface area contributed by atoms with Crippen molar-refractivity contribution in [2.45, 2.75) is 0 Å². The maximum Gasteiger partial charge on any atom is 0.320 e. The summed E-state index contributed by atoms with van der Waals surface area (Å²) in [6, 6.07) is 11.6. The number of benzene rings is 1. The molecular formula is C22H27N5O3. The summed E-state index contributed by atoms with van der Waals surface area (Å²) in [4.78, 5) is 18.9. The first-order valence-electron chi connectivity index (χ1n) is 10.1. The molecule has 2 N–H and O–H groups in total. The quantitative estimate of drug-likeness (QED) is 0.654. The van der Waals surface area contributed by atoms with Crippen molar-refractivity contribution in [3.05, 3.63) is 42.6 Å². The first-order chi connectivity index (χ1) is 14.7. The van der Waals surface area contributed by atoms with Gasteiger partial charge in [0.05, 0.1) is 37.7 Å². The van der Waals surface area contributed by atoms with Crippen LogP contribution in [-0.4, -0.2) is 67.0 Å². The van der Waals surface area contributed by atoms with E-state index in [0.29, 0.717) is 12.4 Å². The van der Waals surface area contributed by atoms with Crippen LogP contribution in [0.15, 0.2) is 42.6 Å². The van der Waals surface area contributed by atoms with E-state index in [9.17, 15) is 4.79 Å². The molecule has 8 heteroatoms. The minimum Gasteiger partial charge on any atom is -0.496 e. The standard InChI is InChI=1S/C22H27N5O3/c1-26-18(17-5-3-4-6-20(17)29-2)13-16-14-21(24-15-19(16)26)25-22(28)23-7-8-27-9-11-30-12-10-27/h3-6,13-15H,7-12H2,1-2H3,(H2,23,24,25,28). The molecule has 3 aromatic rings. The van der Waals surface area contributed by atoms with Crippen molar-refractivity contribution >= 4 is 22.8 Å². The number of pyridine rings is 1. The molecule has 1 saturated heterocycles. The minimum absolute atomic E-state index is 0.254. The summed E-state index contributed by atoms with van der Waals surface area (Å²) in [5.74, 6) is 1.33. The number of rotatable bonds is 6. The van der Waals surface area contributed by atoms with Crippen molar-refractivity contribution in [1.82, 2.24) is 19.8 Å². The Morgan fingerprint density at radius 1 is 1.23 bits per heavy atom. The number of hydrogen-bond acceptors (Lipinski definition) is 5. The van der Waals surface area contributed by atoms with Gasteiger partial charge in [-0.2, -0.15) is 0 Å². The summed E-state index contributed by atoms with van der Waals surface area (Å²) in [6.07, 6.45) is 1.78. The van der Waals surface area contributed by atoms with Crippen molar-refractivity contribution in [3.8, 4) is 17.0 Å². The molecule has 3 heterocycles. The third-order valence-electron chi connectivity index (χ3n) is 5.37. The number of aryl methyl sites for hydroxylation is 1. The van der Waals surface area contributed by atoms with E-state index in [4.69, 9.17) is 9.47 Å². The number of carbonyl (C=O) groups is 1. The smallest absolute Gasteiger partial charge is 0.320 e. The molecule has 1 aliphatic rings. The lowest BCUT2D eigenvalue weighted by atomic mass is 10.1. The topological polar surface area (TPSA) is 80.7 Å². The van der Waals surface area contributed by atoms with Crippen LogP contribution >= 0.6 is 0 Å². The van der Waals surface area contributed by atoms with Crippen LogP contribution in [0, 0.1) is 0 Å². The number of hydrogen-bond donors (Lipinski definition) is 2. The van der Waals surface area contributed by atoms with E-state index in [-0.39, 0.29) is 6.03 Å². The average molecular weight is 409 g/mol. The molecule has 0 bridgehead atoms. The second-order valence-corrected chi connectivity index (χ2v) is 7.25. The Bertz CT molecular complexity index is 1030. The lowest BCUT2D eigenvalue weighted by molar-refractivity contribution is 0.0388. The van der Waals surface area contributed by atoms with E-state index in [0.717, 1.165) is 60.8 Å². The molecule has 0 aliphatic carbocycles. The van der Waals surface area contributed by atoms with E-state index in [1.54, 1.807) is 13.3 Å². The molecule has 2 aromatic heterocycles. The van der Waals surface area contributed by atoms with Crippen molar-refractivity contribution < 1.29 is 14.3 Å². The molecular weight excluding hydrogens is 382 g/mol. The fourth-order valence-electron chi connectivity index (χ4n) is 3.73. The maximum absolute atomic E-state index is 12.2. The first-order valence-corrected chi connectivity index (χ1v) is 10.1. The maximum atomic E-state index is 12.2. The molecule has 1 aromatic carbocycles.